The van der Waals surface area contributed by atoms with Gasteiger partial charge in [-0.15, -0.1) is 0 Å². The molecular weight excluding hydrogens is 320 g/mol. The van der Waals surface area contributed by atoms with E-state index in [1.54, 1.807) is 0 Å². The summed E-state index contributed by atoms with van der Waals surface area (Å²) in [5.74, 6) is -0.522. The van der Waals surface area contributed by atoms with Crippen LogP contribution < -0.4 is 11.5 Å². The zero-order valence-electron chi connectivity index (χ0n) is 14.5. The first-order chi connectivity index (χ1) is 12.0. The van der Waals surface area contributed by atoms with Crippen molar-refractivity contribution in [3.63, 3.8) is 0 Å². The highest BCUT2D eigenvalue weighted by Crippen LogP contribution is 2.30. The van der Waals surface area contributed by atoms with Gasteiger partial charge in [0, 0.05) is 11.6 Å². The minimum atomic E-state index is -0.189. The maximum absolute atomic E-state index is 10.3. The Kier molecular flexibility index (Phi) is 6.62. The normalized spacial score (nSPS) is 11.4. The Balaban J connectivity index is 1.99. The van der Waals surface area contributed by atoms with E-state index in [-0.39, 0.29) is 29.6 Å². The summed E-state index contributed by atoms with van der Waals surface area (Å²) >= 11 is 0. The highest BCUT2D eigenvalue weighted by Gasteiger charge is 2.17. The Morgan fingerprint density at radius 1 is 1.00 bits per heavy atom. The minimum Gasteiger partial charge on any atom is -0.494 e. The van der Waals surface area contributed by atoms with Crippen molar-refractivity contribution in [2.75, 3.05) is 11.5 Å². The number of nitrogens with zero attached hydrogens (tertiary/aromatic N) is 4. The summed E-state index contributed by atoms with van der Waals surface area (Å²) in [6.07, 6.45) is 11.8. The summed E-state index contributed by atoms with van der Waals surface area (Å²) < 4.78 is 1.09. The lowest BCUT2D eigenvalue weighted by atomic mass is 10.1. The van der Waals surface area contributed by atoms with Crippen LogP contribution in [0.3, 0.4) is 0 Å². The van der Waals surface area contributed by atoms with Gasteiger partial charge in [-0.2, -0.15) is 15.0 Å². The highest BCUT2D eigenvalue weighted by molar-refractivity contribution is 5.44. The smallest absolute Gasteiger partial charge is 0.246 e. The molecule has 25 heavy (non-hydrogen) atoms. The van der Waals surface area contributed by atoms with Crippen LogP contribution in [-0.2, 0) is 6.42 Å². The lowest BCUT2D eigenvalue weighted by Crippen LogP contribution is -2.08. The van der Waals surface area contributed by atoms with Crippen LogP contribution in [0.5, 0.6) is 11.8 Å². The molecule has 0 atom stereocenters. The van der Waals surface area contributed by atoms with Gasteiger partial charge in [0.1, 0.15) is 0 Å². The second-order valence-electron chi connectivity index (χ2n) is 5.92. The summed E-state index contributed by atoms with van der Waals surface area (Å²) in [4.78, 5) is 11.4. The van der Waals surface area contributed by atoms with E-state index < -0.39 is 0 Å². The van der Waals surface area contributed by atoms with Gasteiger partial charge in [-0.25, -0.2) is 4.57 Å². The van der Waals surface area contributed by atoms with Crippen molar-refractivity contribution in [1.29, 1.82) is 0 Å². The molecule has 0 spiro atoms. The number of nitrogens with two attached hydrogens (primary N) is 2. The number of rotatable bonds is 9. The fraction of sp³-hybridized carbons (Fsp3) is 0.471. The third kappa shape index (κ3) is 5.10. The molecule has 0 saturated heterocycles. The summed E-state index contributed by atoms with van der Waals surface area (Å²) in [5, 5.41) is 20.4. The van der Waals surface area contributed by atoms with Gasteiger partial charge in [0.05, 0.1) is 0 Å². The summed E-state index contributed by atoms with van der Waals surface area (Å²) in [5.41, 5.74) is 11.6. The second kappa shape index (κ2) is 8.91. The SMILES string of the molecule is CCCCCCCC=CCc1cc(O)n(-c2nc(N)nc(N)n2)c1O. The van der Waals surface area contributed by atoms with Gasteiger partial charge in [-0.3, -0.25) is 0 Å². The first kappa shape index (κ1) is 18.6. The molecule has 0 aromatic carbocycles. The average Bonchev–Trinajstić information content (AvgIpc) is 2.83. The van der Waals surface area contributed by atoms with Crippen LogP contribution >= 0.6 is 0 Å². The molecule has 8 nitrogen and oxygen atoms in total. The van der Waals surface area contributed by atoms with Crippen molar-refractivity contribution in [3.05, 3.63) is 23.8 Å². The summed E-state index contributed by atoms with van der Waals surface area (Å²) in [7, 11) is 0. The van der Waals surface area contributed by atoms with E-state index in [9.17, 15) is 10.2 Å². The first-order valence-corrected chi connectivity index (χ1v) is 8.57. The fourth-order valence-electron chi connectivity index (χ4n) is 2.58. The highest BCUT2D eigenvalue weighted by atomic mass is 16.3. The topological polar surface area (TPSA) is 136 Å². The maximum Gasteiger partial charge on any atom is 0.246 e. The standard InChI is InChI=1S/C17H26N6O2/c1-2-3-4-5-6-7-8-9-10-12-11-13(24)23(14(12)25)17-21-15(18)20-16(19)22-17/h8-9,11,24-25H,2-7,10H2,1H3,(H4,18,19,20,21,22). The fourth-order valence-corrected chi connectivity index (χ4v) is 2.58. The number of hydrogen-bond acceptors (Lipinski definition) is 7. The Bertz CT molecular complexity index is 706. The van der Waals surface area contributed by atoms with Crippen LogP contribution in [-0.4, -0.2) is 29.7 Å². The van der Waals surface area contributed by atoms with E-state index >= 15 is 0 Å². The van der Waals surface area contributed by atoms with Crippen molar-refractivity contribution < 1.29 is 10.2 Å². The molecule has 6 N–H and O–H groups in total. The molecule has 0 aliphatic carbocycles. The van der Waals surface area contributed by atoms with E-state index in [4.69, 9.17) is 11.5 Å². The lowest BCUT2D eigenvalue weighted by molar-refractivity contribution is 0.397. The van der Waals surface area contributed by atoms with Crippen molar-refractivity contribution >= 4 is 11.9 Å². The van der Waals surface area contributed by atoms with Crippen LogP contribution in [0.1, 0.15) is 51.0 Å². The molecular formula is C17H26N6O2. The van der Waals surface area contributed by atoms with E-state index in [1.807, 2.05) is 6.08 Å². The van der Waals surface area contributed by atoms with Crippen LogP contribution in [0.15, 0.2) is 18.2 Å². The molecule has 0 radical (unpaired) electrons. The number of nitrogen functional groups attached to an aromatic ring is 2. The van der Waals surface area contributed by atoms with Crippen molar-refractivity contribution in [3.8, 4) is 17.7 Å². The zero-order chi connectivity index (χ0) is 18.2. The lowest BCUT2D eigenvalue weighted by Gasteiger charge is -2.06. The molecule has 2 aromatic heterocycles. The van der Waals surface area contributed by atoms with Gasteiger partial charge in [0.15, 0.2) is 0 Å². The number of hydrogen-bond donors (Lipinski definition) is 4. The Morgan fingerprint density at radius 2 is 1.68 bits per heavy atom. The van der Waals surface area contributed by atoms with E-state index in [0.717, 1.165) is 17.4 Å². The number of anilines is 2. The first-order valence-electron chi connectivity index (χ1n) is 8.57. The Morgan fingerprint density at radius 3 is 2.36 bits per heavy atom. The number of aromatic nitrogens is 4. The molecule has 0 saturated carbocycles. The molecule has 0 unspecified atom stereocenters. The van der Waals surface area contributed by atoms with Gasteiger partial charge < -0.3 is 21.7 Å². The van der Waals surface area contributed by atoms with Crippen molar-refractivity contribution in [2.45, 2.75) is 51.9 Å². The van der Waals surface area contributed by atoms with E-state index in [2.05, 4.69) is 28.0 Å². The van der Waals surface area contributed by atoms with Crippen molar-refractivity contribution in [1.82, 2.24) is 19.5 Å². The maximum atomic E-state index is 10.3. The van der Waals surface area contributed by atoms with Gasteiger partial charge in [-0.1, -0.05) is 44.8 Å². The molecule has 2 rings (SSSR count). The quantitative estimate of drug-likeness (QED) is 0.405. The molecule has 0 fully saturated rings. The molecule has 2 heterocycles. The molecule has 136 valence electrons. The van der Waals surface area contributed by atoms with Crippen LogP contribution in [0.4, 0.5) is 11.9 Å². The largest absolute Gasteiger partial charge is 0.494 e. The third-order valence-electron chi connectivity index (χ3n) is 3.87. The molecule has 0 bridgehead atoms. The van der Waals surface area contributed by atoms with E-state index in [1.165, 1.54) is 31.7 Å². The van der Waals surface area contributed by atoms with Crippen molar-refractivity contribution in [2.24, 2.45) is 0 Å². The predicted molar refractivity (Wildman–Crippen MR) is 97.5 cm³/mol. The van der Waals surface area contributed by atoms with Gasteiger partial charge in [-0.05, 0) is 19.3 Å². The van der Waals surface area contributed by atoms with Gasteiger partial charge in [0.25, 0.3) is 0 Å². The molecule has 0 amide bonds. The zero-order valence-corrected chi connectivity index (χ0v) is 14.5. The Labute approximate surface area is 147 Å². The number of allylic oxidation sites excluding steroid dienone is 2. The van der Waals surface area contributed by atoms with Gasteiger partial charge in [0.2, 0.25) is 29.6 Å². The van der Waals surface area contributed by atoms with Gasteiger partial charge >= 0.3 is 0 Å². The molecule has 2 aromatic rings. The van der Waals surface area contributed by atoms with Crippen LogP contribution in [0.2, 0.25) is 0 Å². The monoisotopic (exact) mass is 346 g/mol. The summed E-state index contributed by atoms with van der Waals surface area (Å²) in [6.45, 7) is 2.20. The van der Waals surface area contributed by atoms with E-state index in [0.29, 0.717) is 12.0 Å². The average molecular weight is 346 g/mol. The summed E-state index contributed by atoms with van der Waals surface area (Å²) in [6, 6.07) is 1.47. The number of aromatic hydroxyl groups is 2. The molecule has 8 heteroatoms. The third-order valence-corrected chi connectivity index (χ3v) is 3.87. The predicted octanol–water partition coefficient (Wildman–Crippen LogP) is 2.70. The van der Waals surface area contributed by atoms with Crippen LogP contribution in [0.25, 0.3) is 5.95 Å². The second-order valence-corrected chi connectivity index (χ2v) is 5.92. The van der Waals surface area contributed by atoms with Crippen LogP contribution in [0, 0.1) is 0 Å². The minimum absolute atomic E-state index is 0.0221. The molecule has 0 aliphatic rings. The number of unbranched alkanes of at least 4 members (excludes halogenated alkanes) is 5. The molecule has 0 aliphatic heterocycles. The Hall–Kier alpha value is -2.77.